The Morgan fingerprint density at radius 2 is 1.28 bits per heavy atom. The van der Waals surface area contributed by atoms with E-state index in [9.17, 15) is 28.8 Å². The zero-order chi connectivity index (χ0) is 40.7. The molecule has 0 bridgehead atoms. The van der Waals surface area contributed by atoms with Gasteiger partial charge in [-0.05, 0) is 60.1 Å². The number of carbonyl (C=O) groups is 6. The Morgan fingerprint density at radius 1 is 0.672 bits per heavy atom. The number of fused-ring (bicyclic) bond motifs is 4. The van der Waals surface area contributed by atoms with Crippen molar-refractivity contribution in [2.75, 3.05) is 71.3 Å². The highest BCUT2D eigenvalue weighted by Gasteiger charge is 2.45. The average molecular weight is 799 g/mol. The normalized spacial score (nSPS) is 15.9. The summed E-state index contributed by atoms with van der Waals surface area (Å²) in [5.41, 5.74) is 5.12. The van der Waals surface area contributed by atoms with Crippen LogP contribution in [0.15, 0.2) is 66.7 Å². The maximum atomic E-state index is 13.2. The van der Waals surface area contributed by atoms with E-state index in [-0.39, 0.29) is 54.5 Å². The fourth-order valence-corrected chi connectivity index (χ4v) is 7.27. The molecule has 0 spiro atoms. The smallest absolute Gasteiger partial charge is 0.407 e. The maximum absolute atomic E-state index is 13.2. The van der Waals surface area contributed by atoms with Gasteiger partial charge in [0.1, 0.15) is 12.6 Å². The van der Waals surface area contributed by atoms with Crippen molar-refractivity contribution in [1.82, 2.24) is 15.5 Å². The van der Waals surface area contributed by atoms with Gasteiger partial charge in [-0.15, -0.1) is 0 Å². The second-order valence-corrected chi connectivity index (χ2v) is 14.1. The van der Waals surface area contributed by atoms with E-state index in [4.69, 9.17) is 23.7 Å². The molecule has 15 nitrogen and oxygen atoms in total. The molecule has 2 heterocycles. The molecular formula is C43H50N4O11. The van der Waals surface area contributed by atoms with Crippen LogP contribution in [0.3, 0.4) is 0 Å². The molecule has 1 aliphatic carbocycles. The standard InChI is InChI=1S/C43H50N4O11/c48-37(45-35-15-8-14-33-39(35)42(52)47(41(33)51)36-17-18-38(49)46-40(36)50)16-2-1-7-20-54-22-24-56-26-27-57-25-23-55-21-9-19-44-43(53)58-28-34-31-12-5-3-10-29(31)30-11-4-6-13-32(30)34/h3-6,8,10-15,34,36H,1-2,7,9,16-28H2,(H,44,53)(H,45,48)(H,46,49,50). The van der Waals surface area contributed by atoms with Gasteiger partial charge in [-0.1, -0.05) is 61.0 Å². The minimum absolute atomic E-state index is 0.0263. The fourth-order valence-electron chi connectivity index (χ4n) is 7.27. The van der Waals surface area contributed by atoms with Crippen molar-refractivity contribution in [1.29, 1.82) is 0 Å². The molecule has 2 aliphatic heterocycles. The van der Waals surface area contributed by atoms with Crippen LogP contribution in [0.1, 0.15) is 82.7 Å². The van der Waals surface area contributed by atoms with Crippen LogP contribution in [0.2, 0.25) is 0 Å². The SMILES string of the molecule is O=C1CCC(N2C(=O)c3cccc(NC(=O)CCCCCOCCOCCOCCOCCCNC(=O)OCC4c5ccccc5-c5ccccc54)c3C2=O)C(=O)N1. The third-order valence-corrected chi connectivity index (χ3v) is 10.1. The summed E-state index contributed by atoms with van der Waals surface area (Å²) < 4.78 is 27.8. The van der Waals surface area contributed by atoms with Crippen LogP contribution in [-0.2, 0) is 38.1 Å². The first-order valence-corrected chi connectivity index (χ1v) is 19.9. The highest BCUT2D eigenvalue weighted by molar-refractivity contribution is 6.26. The maximum Gasteiger partial charge on any atom is 0.407 e. The molecular weight excluding hydrogens is 748 g/mol. The number of anilines is 1. The topological polar surface area (TPSA) is 188 Å². The van der Waals surface area contributed by atoms with Crippen molar-refractivity contribution in [2.24, 2.45) is 0 Å². The molecule has 6 amide bonds. The lowest BCUT2D eigenvalue weighted by Crippen LogP contribution is -2.54. The van der Waals surface area contributed by atoms with Crippen molar-refractivity contribution in [3.05, 3.63) is 89.0 Å². The Morgan fingerprint density at radius 3 is 1.93 bits per heavy atom. The molecule has 6 rings (SSSR count). The Balaban J connectivity index is 0.710. The van der Waals surface area contributed by atoms with E-state index in [2.05, 4.69) is 40.2 Å². The predicted molar refractivity (Wildman–Crippen MR) is 211 cm³/mol. The molecule has 1 fully saturated rings. The van der Waals surface area contributed by atoms with E-state index in [0.29, 0.717) is 72.2 Å². The number of unbranched alkanes of at least 4 members (excludes halogenated alkanes) is 2. The van der Waals surface area contributed by atoms with Crippen LogP contribution in [-0.4, -0.2) is 113 Å². The first-order chi connectivity index (χ1) is 28.3. The lowest BCUT2D eigenvalue weighted by atomic mass is 9.98. The number of hydrogen-bond donors (Lipinski definition) is 3. The zero-order valence-electron chi connectivity index (χ0n) is 32.5. The molecule has 15 heteroatoms. The van der Waals surface area contributed by atoms with Gasteiger partial charge in [0.2, 0.25) is 17.7 Å². The summed E-state index contributed by atoms with van der Waals surface area (Å²) in [4.78, 5) is 75.9. The Kier molecular flexibility index (Phi) is 15.5. The lowest BCUT2D eigenvalue weighted by molar-refractivity contribution is -0.136. The number of alkyl carbamates (subject to hydrolysis) is 1. The molecule has 3 aromatic rings. The molecule has 1 atom stereocenters. The summed E-state index contributed by atoms with van der Waals surface area (Å²) in [6.07, 6.45) is 2.64. The van der Waals surface area contributed by atoms with Crippen LogP contribution in [0.4, 0.5) is 10.5 Å². The van der Waals surface area contributed by atoms with E-state index in [1.54, 1.807) is 12.1 Å². The number of rotatable bonds is 23. The van der Waals surface area contributed by atoms with Crippen molar-refractivity contribution in [2.45, 2.75) is 56.9 Å². The van der Waals surface area contributed by atoms with Gasteiger partial charge in [0.15, 0.2) is 0 Å². The van der Waals surface area contributed by atoms with Crippen molar-refractivity contribution in [3.8, 4) is 11.1 Å². The van der Waals surface area contributed by atoms with Crippen molar-refractivity contribution >= 4 is 41.3 Å². The van der Waals surface area contributed by atoms with Gasteiger partial charge in [0.05, 0.1) is 56.5 Å². The molecule has 0 aromatic heterocycles. The Hall–Kier alpha value is -5.48. The third-order valence-electron chi connectivity index (χ3n) is 10.1. The molecule has 1 unspecified atom stereocenters. The van der Waals surface area contributed by atoms with Gasteiger partial charge in [-0.25, -0.2) is 4.79 Å². The van der Waals surface area contributed by atoms with E-state index in [1.807, 2.05) is 24.3 Å². The number of benzene rings is 3. The number of piperidine rings is 1. The Bertz CT molecular complexity index is 1910. The van der Waals surface area contributed by atoms with Crippen molar-refractivity contribution in [3.63, 3.8) is 0 Å². The molecule has 308 valence electrons. The Labute approximate surface area is 337 Å². The second-order valence-electron chi connectivity index (χ2n) is 14.1. The van der Waals surface area contributed by atoms with Gasteiger partial charge in [-0.2, -0.15) is 0 Å². The summed E-state index contributed by atoms with van der Waals surface area (Å²) >= 11 is 0. The summed E-state index contributed by atoms with van der Waals surface area (Å²) in [6.45, 7) is 4.37. The first-order valence-electron chi connectivity index (χ1n) is 19.9. The van der Waals surface area contributed by atoms with Crippen LogP contribution < -0.4 is 16.0 Å². The van der Waals surface area contributed by atoms with Gasteiger partial charge in [0, 0.05) is 38.5 Å². The van der Waals surface area contributed by atoms with E-state index in [0.717, 1.165) is 17.7 Å². The van der Waals surface area contributed by atoms with Crippen LogP contribution in [0.25, 0.3) is 11.1 Å². The molecule has 3 N–H and O–H groups in total. The van der Waals surface area contributed by atoms with Crippen molar-refractivity contribution < 1.29 is 52.5 Å². The van der Waals surface area contributed by atoms with E-state index < -0.39 is 35.8 Å². The number of hydrogen-bond acceptors (Lipinski definition) is 11. The average Bonchev–Trinajstić information content (AvgIpc) is 3.68. The lowest BCUT2D eigenvalue weighted by Gasteiger charge is -2.27. The number of nitrogens with zero attached hydrogens (tertiary/aromatic N) is 1. The van der Waals surface area contributed by atoms with Gasteiger partial charge < -0.3 is 34.3 Å². The minimum atomic E-state index is -1.08. The number of amides is 6. The molecule has 0 radical (unpaired) electrons. The van der Waals surface area contributed by atoms with Gasteiger partial charge in [0.25, 0.3) is 11.8 Å². The molecule has 58 heavy (non-hydrogen) atoms. The third kappa shape index (κ3) is 10.9. The van der Waals surface area contributed by atoms with Crippen LogP contribution >= 0.6 is 0 Å². The quantitative estimate of drug-likeness (QED) is 0.0901. The molecule has 3 aliphatic rings. The van der Waals surface area contributed by atoms with Crippen LogP contribution in [0.5, 0.6) is 0 Å². The van der Waals surface area contributed by atoms with Crippen LogP contribution in [0, 0.1) is 0 Å². The first kappa shape index (κ1) is 42.1. The largest absolute Gasteiger partial charge is 0.449 e. The highest BCUT2D eigenvalue weighted by Crippen LogP contribution is 2.44. The highest BCUT2D eigenvalue weighted by atomic mass is 16.6. The van der Waals surface area contributed by atoms with E-state index >= 15 is 0 Å². The monoisotopic (exact) mass is 798 g/mol. The fraction of sp³-hybridized carbons (Fsp3) is 0.442. The minimum Gasteiger partial charge on any atom is -0.449 e. The van der Waals surface area contributed by atoms with Gasteiger partial charge in [-0.3, -0.25) is 34.2 Å². The molecule has 0 saturated carbocycles. The summed E-state index contributed by atoms with van der Waals surface area (Å²) in [7, 11) is 0. The number of nitrogens with one attached hydrogen (secondary N) is 3. The summed E-state index contributed by atoms with van der Waals surface area (Å²) in [5.74, 6) is -2.70. The molecule has 3 aromatic carbocycles. The second kappa shape index (κ2) is 21.3. The van der Waals surface area contributed by atoms with E-state index in [1.165, 1.54) is 28.3 Å². The summed E-state index contributed by atoms with van der Waals surface area (Å²) in [5, 5.41) is 7.70. The molecule has 1 saturated heterocycles. The predicted octanol–water partition coefficient (Wildman–Crippen LogP) is 4.58. The number of carbonyl (C=O) groups excluding carboxylic acids is 6. The summed E-state index contributed by atoms with van der Waals surface area (Å²) in [6, 6.07) is 20.0. The number of ether oxygens (including phenoxy) is 5. The number of imide groups is 2. The zero-order valence-corrected chi connectivity index (χ0v) is 32.5. The van der Waals surface area contributed by atoms with Gasteiger partial charge >= 0.3 is 6.09 Å².